The average molecular weight is 278 g/mol. The zero-order valence-corrected chi connectivity index (χ0v) is 11.5. The van der Waals surface area contributed by atoms with Crippen LogP contribution >= 0.6 is 11.6 Å². The molecule has 1 aromatic carbocycles. The van der Waals surface area contributed by atoms with Crippen molar-refractivity contribution in [1.82, 2.24) is 9.78 Å². The molecular formula is C14H16ClN3O. The quantitative estimate of drug-likeness (QED) is 0.918. The van der Waals surface area contributed by atoms with Crippen LogP contribution < -0.4 is 10.5 Å². The van der Waals surface area contributed by atoms with E-state index in [4.69, 9.17) is 22.1 Å². The van der Waals surface area contributed by atoms with Crippen LogP contribution in [0.5, 0.6) is 5.75 Å². The number of rotatable bonds is 2. The molecule has 1 aromatic heterocycles. The summed E-state index contributed by atoms with van der Waals surface area (Å²) < 4.78 is 7.90. The Morgan fingerprint density at radius 3 is 3.11 bits per heavy atom. The summed E-state index contributed by atoms with van der Waals surface area (Å²) in [6, 6.07) is 5.53. The van der Waals surface area contributed by atoms with E-state index in [9.17, 15) is 0 Å². The smallest absolute Gasteiger partial charge is 0.129 e. The van der Waals surface area contributed by atoms with E-state index in [0.29, 0.717) is 5.02 Å². The van der Waals surface area contributed by atoms with Gasteiger partial charge in [-0.1, -0.05) is 11.6 Å². The highest BCUT2D eigenvalue weighted by atomic mass is 35.5. The Bertz CT molecular complexity index is 596. The SMILES string of the molecule is CCn1cc(C2CC(N)c3cc(Cl)ccc3O2)cn1. The molecule has 2 aromatic rings. The van der Waals surface area contributed by atoms with Crippen molar-refractivity contribution in [2.24, 2.45) is 5.73 Å². The monoisotopic (exact) mass is 277 g/mol. The van der Waals surface area contributed by atoms with E-state index in [1.54, 1.807) is 0 Å². The van der Waals surface area contributed by atoms with Gasteiger partial charge in [0.25, 0.3) is 0 Å². The van der Waals surface area contributed by atoms with Gasteiger partial charge in [0.05, 0.1) is 6.20 Å². The second-order valence-corrected chi connectivity index (χ2v) is 5.20. The molecule has 0 aliphatic carbocycles. The van der Waals surface area contributed by atoms with Gasteiger partial charge in [0.2, 0.25) is 0 Å². The van der Waals surface area contributed by atoms with Gasteiger partial charge in [-0.05, 0) is 25.1 Å². The van der Waals surface area contributed by atoms with Crippen LogP contribution in [0.25, 0.3) is 0 Å². The predicted molar refractivity (Wildman–Crippen MR) is 74.3 cm³/mol. The van der Waals surface area contributed by atoms with Crippen molar-refractivity contribution < 1.29 is 4.74 Å². The first-order chi connectivity index (χ1) is 9.17. The van der Waals surface area contributed by atoms with Crippen LogP contribution in [0.15, 0.2) is 30.6 Å². The third-order valence-electron chi connectivity index (χ3n) is 3.46. The van der Waals surface area contributed by atoms with E-state index < -0.39 is 0 Å². The molecule has 1 aliphatic heterocycles. The molecule has 2 N–H and O–H groups in total. The summed E-state index contributed by atoms with van der Waals surface area (Å²) >= 11 is 5.99. The summed E-state index contributed by atoms with van der Waals surface area (Å²) in [7, 11) is 0. The van der Waals surface area contributed by atoms with Gasteiger partial charge in [-0.15, -0.1) is 0 Å². The van der Waals surface area contributed by atoms with E-state index >= 15 is 0 Å². The van der Waals surface area contributed by atoms with E-state index in [-0.39, 0.29) is 12.1 Å². The predicted octanol–water partition coefficient (Wildman–Crippen LogP) is 3.08. The van der Waals surface area contributed by atoms with Crippen LogP contribution in [-0.4, -0.2) is 9.78 Å². The minimum Gasteiger partial charge on any atom is -0.485 e. The molecule has 3 rings (SSSR count). The highest BCUT2D eigenvalue weighted by Gasteiger charge is 2.28. The van der Waals surface area contributed by atoms with Gasteiger partial charge >= 0.3 is 0 Å². The van der Waals surface area contributed by atoms with Gasteiger partial charge in [-0.25, -0.2) is 0 Å². The number of aromatic nitrogens is 2. The van der Waals surface area contributed by atoms with Crippen LogP contribution in [0.3, 0.4) is 0 Å². The minimum atomic E-state index is -0.0579. The fraction of sp³-hybridized carbons (Fsp3) is 0.357. The summed E-state index contributed by atoms with van der Waals surface area (Å²) in [4.78, 5) is 0. The van der Waals surface area contributed by atoms with E-state index in [1.165, 1.54) is 0 Å². The number of aryl methyl sites for hydroxylation is 1. The molecule has 2 unspecified atom stereocenters. The molecule has 0 bridgehead atoms. The van der Waals surface area contributed by atoms with Crippen molar-refractivity contribution in [3.63, 3.8) is 0 Å². The zero-order valence-electron chi connectivity index (χ0n) is 10.7. The number of hydrogen-bond acceptors (Lipinski definition) is 3. The Morgan fingerprint density at radius 1 is 1.53 bits per heavy atom. The standard InChI is InChI=1S/C14H16ClN3O/c1-2-18-8-9(7-17-18)14-6-12(16)11-5-10(15)3-4-13(11)19-14/h3-5,7-8,12,14H,2,6,16H2,1H3. The van der Waals surface area contributed by atoms with Crippen molar-refractivity contribution in [1.29, 1.82) is 0 Å². The molecular weight excluding hydrogens is 262 g/mol. The van der Waals surface area contributed by atoms with Gasteiger partial charge < -0.3 is 10.5 Å². The Balaban J connectivity index is 1.90. The van der Waals surface area contributed by atoms with Crippen LogP contribution in [0.1, 0.15) is 36.6 Å². The first kappa shape index (κ1) is 12.5. The topological polar surface area (TPSA) is 53.1 Å². The molecule has 0 fully saturated rings. The second-order valence-electron chi connectivity index (χ2n) is 4.76. The van der Waals surface area contributed by atoms with Crippen LogP contribution in [0.4, 0.5) is 0 Å². The van der Waals surface area contributed by atoms with E-state index in [1.807, 2.05) is 35.3 Å². The number of ether oxygens (including phenoxy) is 1. The molecule has 19 heavy (non-hydrogen) atoms. The largest absolute Gasteiger partial charge is 0.485 e. The first-order valence-corrected chi connectivity index (χ1v) is 6.79. The summed E-state index contributed by atoms with van der Waals surface area (Å²) in [6.07, 6.45) is 4.56. The lowest BCUT2D eigenvalue weighted by molar-refractivity contribution is 0.161. The van der Waals surface area contributed by atoms with Crippen LogP contribution in [-0.2, 0) is 6.54 Å². The number of hydrogen-bond donors (Lipinski definition) is 1. The maximum Gasteiger partial charge on any atom is 0.129 e. The molecule has 0 amide bonds. The average Bonchev–Trinajstić information content (AvgIpc) is 2.88. The van der Waals surface area contributed by atoms with E-state index in [2.05, 4.69) is 12.0 Å². The normalized spacial score (nSPS) is 21.8. The zero-order chi connectivity index (χ0) is 13.4. The lowest BCUT2D eigenvalue weighted by atomic mass is 9.95. The van der Waals surface area contributed by atoms with Crippen molar-refractivity contribution in [2.45, 2.75) is 32.0 Å². The van der Waals surface area contributed by atoms with Crippen LogP contribution in [0, 0.1) is 0 Å². The van der Waals surface area contributed by atoms with Crippen molar-refractivity contribution in [3.8, 4) is 5.75 Å². The summed E-state index contributed by atoms with van der Waals surface area (Å²) in [6.45, 7) is 2.91. The fourth-order valence-corrected chi connectivity index (χ4v) is 2.58. The summed E-state index contributed by atoms with van der Waals surface area (Å²) in [5.41, 5.74) is 8.26. The van der Waals surface area contributed by atoms with Gasteiger partial charge in [0, 0.05) is 41.4 Å². The van der Waals surface area contributed by atoms with Crippen molar-refractivity contribution >= 4 is 11.6 Å². The maximum absolute atomic E-state index is 6.22. The van der Waals surface area contributed by atoms with E-state index in [0.717, 1.165) is 29.8 Å². The molecule has 0 saturated heterocycles. The van der Waals surface area contributed by atoms with Gasteiger partial charge in [0.15, 0.2) is 0 Å². The number of benzene rings is 1. The number of nitrogens with two attached hydrogens (primary N) is 1. The maximum atomic E-state index is 6.22. The Morgan fingerprint density at radius 2 is 2.37 bits per heavy atom. The molecule has 4 nitrogen and oxygen atoms in total. The van der Waals surface area contributed by atoms with Gasteiger partial charge in [-0.2, -0.15) is 5.10 Å². The molecule has 0 radical (unpaired) electrons. The molecule has 0 saturated carbocycles. The lowest BCUT2D eigenvalue weighted by Crippen LogP contribution is -2.23. The van der Waals surface area contributed by atoms with Gasteiger partial charge in [-0.3, -0.25) is 4.68 Å². The third-order valence-corrected chi connectivity index (χ3v) is 3.69. The summed E-state index contributed by atoms with van der Waals surface area (Å²) in [5.74, 6) is 0.817. The molecule has 1 aliphatic rings. The number of fused-ring (bicyclic) bond motifs is 1. The van der Waals surface area contributed by atoms with Crippen molar-refractivity contribution in [3.05, 3.63) is 46.7 Å². The van der Waals surface area contributed by atoms with Crippen molar-refractivity contribution in [2.75, 3.05) is 0 Å². The molecule has 100 valence electrons. The number of halogens is 1. The molecule has 0 spiro atoms. The second kappa shape index (κ2) is 4.87. The minimum absolute atomic E-state index is 0.0380. The molecule has 2 heterocycles. The number of nitrogens with zero attached hydrogens (tertiary/aromatic N) is 2. The summed E-state index contributed by atoms with van der Waals surface area (Å²) in [5, 5.41) is 4.97. The molecule has 5 heteroatoms. The lowest BCUT2D eigenvalue weighted by Gasteiger charge is -2.29. The Labute approximate surface area is 117 Å². The van der Waals surface area contributed by atoms with Gasteiger partial charge in [0.1, 0.15) is 11.9 Å². The molecule has 2 atom stereocenters. The van der Waals surface area contributed by atoms with Crippen LogP contribution in [0.2, 0.25) is 5.02 Å². The Kier molecular flexibility index (Phi) is 3.21. The first-order valence-electron chi connectivity index (χ1n) is 6.41. The Hall–Kier alpha value is -1.52. The highest BCUT2D eigenvalue weighted by Crippen LogP contribution is 2.40. The fourth-order valence-electron chi connectivity index (χ4n) is 2.40. The highest BCUT2D eigenvalue weighted by molar-refractivity contribution is 6.30. The third kappa shape index (κ3) is 2.33.